The number of aromatic amines is 1. The number of rotatable bonds is 4. The van der Waals surface area contributed by atoms with E-state index >= 15 is 0 Å². The molecule has 0 radical (unpaired) electrons. The molecular weight excluding hydrogens is 294 g/mol. The molecule has 114 valence electrons. The van der Waals surface area contributed by atoms with Crippen molar-refractivity contribution in [3.05, 3.63) is 69.7 Å². The first-order valence-electron chi connectivity index (χ1n) is 7.06. The molecule has 6 nitrogen and oxygen atoms in total. The van der Waals surface area contributed by atoms with Gasteiger partial charge in [-0.25, -0.2) is 4.79 Å². The average molecular weight is 307 g/mol. The zero-order valence-corrected chi connectivity index (χ0v) is 12.1. The lowest BCUT2D eigenvalue weighted by Gasteiger charge is -2.05. The molecule has 3 rings (SSSR count). The molecule has 0 fully saturated rings. The molecule has 2 N–H and O–H groups in total. The lowest BCUT2D eigenvalue weighted by molar-refractivity contribution is 0.0954. The molecule has 1 aromatic heterocycles. The molecule has 6 heteroatoms. The molecule has 0 atom stereocenters. The molecule has 0 spiro atoms. The van der Waals surface area contributed by atoms with Crippen molar-refractivity contribution in [3.63, 3.8) is 0 Å². The Bertz CT molecular complexity index is 963. The standard InChI is InChI=1S/C17H13N3O3/c18-10-12-2-1-3-13(8-12)16(21)19-7-6-11-4-5-15-14(9-11)20-17(22)23-15/h1-5,8-9H,6-7H2,(H,19,21)(H,20,22). The summed E-state index contributed by atoms with van der Waals surface area (Å²) < 4.78 is 4.94. The molecule has 0 aliphatic heterocycles. The fourth-order valence-electron chi connectivity index (χ4n) is 2.31. The summed E-state index contributed by atoms with van der Waals surface area (Å²) in [5, 5.41) is 11.7. The molecule has 0 unspecified atom stereocenters. The predicted molar refractivity (Wildman–Crippen MR) is 84.0 cm³/mol. The average Bonchev–Trinajstić information content (AvgIpc) is 2.94. The van der Waals surface area contributed by atoms with Crippen LogP contribution in [0.4, 0.5) is 0 Å². The molecule has 0 saturated heterocycles. The smallest absolute Gasteiger partial charge is 0.408 e. The maximum absolute atomic E-state index is 12.0. The van der Waals surface area contributed by atoms with Gasteiger partial charge in [-0.15, -0.1) is 0 Å². The first kappa shape index (κ1) is 14.6. The van der Waals surface area contributed by atoms with Crippen LogP contribution in [0.3, 0.4) is 0 Å². The number of hydrogen-bond donors (Lipinski definition) is 2. The van der Waals surface area contributed by atoms with Crippen molar-refractivity contribution in [2.24, 2.45) is 0 Å². The second-order valence-electron chi connectivity index (χ2n) is 5.04. The lowest BCUT2D eigenvalue weighted by atomic mass is 10.1. The molecule has 2 aromatic carbocycles. The summed E-state index contributed by atoms with van der Waals surface area (Å²) in [4.78, 5) is 25.7. The number of carbonyl (C=O) groups is 1. The minimum absolute atomic E-state index is 0.222. The van der Waals surface area contributed by atoms with Crippen LogP contribution in [0.2, 0.25) is 0 Å². The summed E-state index contributed by atoms with van der Waals surface area (Å²) in [6.07, 6.45) is 0.618. The van der Waals surface area contributed by atoms with E-state index in [1.54, 1.807) is 30.3 Å². The van der Waals surface area contributed by atoms with E-state index in [0.717, 1.165) is 5.56 Å². The SMILES string of the molecule is N#Cc1cccc(C(=O)NCCc2ccc3oc(=O)[nH]c3c2)c1. The highest BCUT2D eigenvalue weighted by Gasteiger charge is 2.06. The third kappa shape index (κ3) is 3.30. The van der Waals surface area contributed by atoms with Crippen LogP contribution in [0, 0.1) is 11.3 Å². The van der Waals surface area contributed by atoms with Gasteiger partial charge in [0.05, 0.1) is 17.1 Å². The predicted octanol–water partition coefficient (Wildman–Crippen LogP) is 1.97. The van der Waals surface area contributed by atoms with Gasteiger partial charge in [-0.2, -0.15) is 5.26 Å². The zero-order valence-electron chi connectivity index (χ0n) is 12.1. The van der Waals surface area contributed by atoms with E-state index in [1.807, 2.05) is 18.2 Å². The maximum atomic E-state index is 12.0. The normalized spacial score (nSPS) is 10.4. The highest BCUT2D eigenvalue weighted by molar-refractivity contribution is 5.94. The number of amides is 1. The molecule has 0 aliphatic carbocycles. The van der Waals surface area contributed by atoms with Gasteiger partial charge in [0.15, 0.2) is 5.58 Å². The number of nitrogens with one attached hydrogen (secondary N) is 2. The van der Waals surface area contributed by atoms with Crippen molar-refractivity contribution >= 4 is 17.0 Å². The number of H-pyrrole nitrogens is 1. The maximum Gasteiger partial charge on any atom is 0.417 e. The Labute approximate surface area is 131 Å². The van der Waals surface area contributed by atoms with Gasteiger partial charge in [-0.05, 0) is 42.3 Å². The van der Waals surface area contributed by atoms with Crippen LogP contribution in [0.15, 0.2) is 51.7 Å². The number of nitriles is 1. The van der Waals surface area contributed by atoms with E-state index in [4.69, 9.17) is 9.68 Å². The third-order valence-electron chi connectivity index (χ3n) is 3.44. The number of nitrogens with zero attached hydrogens (tertiary/aromatic N) is 1. The Hall–Kier alpha value is -3.33. The van der Waals surface area contributed by atoms with E-state index in [0.29, 0.717) is 35.2 Å². The molecule has 0 aliphatic rings. The van der Waals surface area contributed by atoms with Crippen molar-refractivity contribution < 1.29 is 9.21 Å². The highest BCUT2D eigenvalue weighted by atomic mass is 16.4. The van der Waals surface area contributed by atoms with Gasteiger partial charge in [-0.3, -0.25) is 9.78 Å². The summed E-state index contributed by atoms with van der Waals surface area (Å²) in [6, 6.07) is 13.9. The van der Waals surface area contributed by atoms with Crippen LogP contribution >= 0.6 is 0 Å². The highest BCUT2D eigenvalue weighted by Crippen LogP contribution is 2.12. The first-order chi connectivity index (χ1) is 11.2. The minimum Gasteiger partial charge on any atom is -0.408 e. The van der Waals surface area contributed by atoms with E-state index < -0.39 is 5.76 Å². The number of fused-ring (bicyclic) bond motifs is 1. The fraction of sp³-hybridized carbons (Fsp3) is 0.118. The van der Waals surface area contributed by atoms with E-state index in [2.05, 4.69) is 10.3 Å². The fourth-order valence-corrected chi connectivity index (χ4v) is 2.31. The molecule has 1 amide bonds. The van der Waals surface area contributed by atoms with Crippen LogP contribution in [-0.4, -0.2) is 17.4 Å². The minimum atomic E-state index is -0.483. The summed E-state index contributed by atoms with van der Waals surface area (Å²) in [5.74, 6) is -0.706. The monoisotopic (exact) mass is 307 g/mol. The Morgan fingerprint density at radius 3 is 2.96 bits per heavy atom. The van der Waals surface area contributed by atoms with Gasteiger partial charge in [0, 0.05) is 12.1 Å². The van der Waals surface area contributed by atoms with Gasteiger partial charge in [0.25, 0.3) is 5.91 Å². The van der Waals surface area contributed by atoms with Crippen LogP contribution < -0.4 is 11.1 Å². The van der Waals surface area contributed by atoms with Gasteiger partial charge in [-0.1, -0.05) is 12.1 Å². The molecule has 3 aromatic rings. The third-order valence-corrected chi connectivity index (χ3v) is 3.44. The van der Waals surface area contributed by atoms with Gasteiger partial charge in [0.1, 0.15) is 0 Å². The number of aromatic nitrogens is 1. The lowest BCUT2D eigenvalue weighted by Crippen LogP contribution is -2.25. The second-order valence-corrected chi connectivity index (χ2v) is 5.04. The van der Waals surface area contributed by atoms with Crippen molar-refractivity contribution in [2.75, 3.05) is 6.54 Å². The summed E-state index contributed by atoms with van der Waals surface area (Å²) in [5.41, 5.74) is 3.03. The first-order valence-corrected chi connectivity index (χ1v) is 7.06. The quantitative estimate of drug-likeness (QED) is 0.769. The van der Waals surface area contributed by atoms with Crippen LogP contribution in [0.25, 0.3) is 11.1 Å². The topological polar surface area (TPSA) is 98.9 Å². The van der Waals surface area contributed by atoms with E-state index in [-0.39, 0.29) is 5.91 Å². The second kappa shape index (κ2) is 6.20. The molecular formula is C17H13N3O3. The van der Waals surface area contributed by atoms with Crippen molar-refractivity contribution in [1.82, 2.24) is 10.3 Å². The zero-order chi connectivity index (χ0) is 16.2. The van der Waals surface area contributed by atoms with Gasteiger partial charge in [0.2, 0.25) is 0 Å². The molecule has 23 heavy (non-hydrogen) atoms. The molecule has 1 heterocycles. The molecule has 0 saturated carbocycles. The summed E-state index contributed by atoms with van der Waals surface area (Å²) in [6.45, 7) is 0.448. The Balaban J connectivity index is 1.62. The summed E-state index contributed by atoms with van der Waals surface area (Å²) in [7, 11) is 0. The van der Waals surface area contributed by atoms with Crippen LogP contribution in [0.5, 0.6) is 0 Å². The number of oxazole rings is 1. The molecule has 0 bridgehead atoms. The number of carbonyl (C=O) groups excluding carboxylic acids is 1. The van der Waals surface area contributed by atoms with Crippen molar-refractivity contribution in [3.8, 4) is 6.07 Å². The van der Waals surface area contributed by atoms with Gasteiger partial charge < -0.3 is 9.73 Å². The number of hydrogen-bond acceptors (Lipinski definition) is 4. The van der Waals surface area contributed by atoms with Crippen LogP contribution in [0.1, 0.15) is 21.5 Å². The van der Waals surface area contributed by atoms with Crippen molar-refractivity contribution in [1.29, 1.82) is 5.26 Å². The Morgan fingerprint density at radius 2 is 2.13 bits per heavy atom. The Kier molecular flexibility index (Phi) is 3.93. The number of benzene rings is 2. The van der Waals surface area contributed by atoms with Gasteiger partial charge >= 0.3 is 5.76 Å². The van der Waals surface area contributed by atoms with E-state index in [1.165, 1.54) is 0 Å². The Morgan fingerprint density at radius 1 is 1.26 bits per heavy atom. The van der Waals surface area contributed by atoms with Crippen LogP contribution in [-0.2, 0) is 6.42 Å². The largest absolute Gasteiger partial charge is 0.417 e. The van der Waals surface area contributed by atoms with E-state index in [9.17, 15) is 9.59 Å². The summed E-state index contributed by atoms with van der Waals surface area (Å²) >= 11 is 0. The van der Waals surface area contributed by atoms with Crippen molar-refractivity contribution in [2.45, 2.75) is 6.42 Å².